The van der Waals surface area contributed by atoms with Crippen LogP contribution in [-0.4, -0.2) is 28.2 Å². The first kappa shape index (κ1) is 20.5. The molecule has 1 aromatic carbocycles. The molecule has 0 unspecified atom stereocenters. The highest BCUT2D eigenvalue weighted by Gasteiger charge is 2.23. The Balaban J connectivity index is 2.23. The summed E-state index contributed by atoms with van der Waals surface area (Å²) < 4.78 is 38.9. The van der Waals surface area contributed by atoms with E-state index in [1.165, 1.54) is 6.07 Å². The van der Waals surface area contributed by atoms with Crippen LogP contribution in [0.3, 0.4) is 0 Å². The molecular formula is C18H22F2N4O3. The standard InChI is InChI=1S/C18H22F2N4O3/c1-10(2)7-18(3,22)8-26-15-5-12(19)11(4-13(15)20)14-6-16(24-9-23-14)27-17(21)25/h4-6,9-10H,7-8,22H2,1-3H3,(H2,21,25)/t18-/m0/s1. The number of amides is 1. The largest absolute Gasteiger partial charge is 0.489 e. The van der Waals surface area contributed by atoms with E-state index in [-0.39, 0.29) is 29.5 Å². The second-order valence-corrected chi connectivity index (χ2v) is 6.97. The van der Waals surface area contributed by atoms with Gasteiger partial charge in [-0.1, -0.05) is 13.8 Å². The lowest BCUT2D eigenvalue weighted by Crippen LogP contribution is -2.43. The van der Waals surface area contributed by atoms with E-state index in [0.717, 1.165) is 18.5 Å². The molecule has 1 amide bonds. The van der Waals surface area contributed by atoms with Crippen LogP contribution in [0.2, 0.25) is 0 Å². The van der Waals surface area contributed by atoms with Gasteiger partial charge in [0.2, 0.25) is 5.88 Å². The number of hydrogen-bond acceptors (Lipinski definition) is 6. The Bertz CT molecular complexity index is 828. The van der Waals surface area contributed by atoms with Gasteiger partial charge in [0.05, 0.1) is 5.69 Å². The second kappa shape index (κ2) is 8.26. The van der Waals surface area contributed by atoms with Crippen molar-refractivity contribution in [2.45, 2.75) is 32.7 Å². The fourth-order valence-corrected chi connectivity index (χ4v) is 2.72. The van der Waals surface area contributed by atoms with E-state index >= 15 is 0 Å². The first-order chi connectivity index (χ1) is 12.6. The second-order valence-electron chi connectivity index (χ2n) is 6.97. The zero-order valence-electron chi connectivity index (χ0n) is 15.3. The van der Waals surface area contributed by atoms with Crippen LogP contribution >= 0.6 is 0 Å². The minimum atomic E-state index is -1.08. The topological polar surface area (TPSA) is 113 Å². The molecule has 0 aliphatic carbocycles. The number of benzene rings is 1. The molecule has 2 rings (SSSR count). The van der Waals surface area contributed by atoms with Crippen molar-refractivity contribution >= 4 is 6.09 Å². The SMILES string of the molecule is CC(C)C[C@](C)(N)COc1cc(F)c(-c2cc(OC(N)=O)ncn2)cc1F. The molecule has 0 spiro atoms. The number of ether oxygens (including phenoxy) is 2. The summed E-state index contributed by atoms with van der Waals surface area (Å²) in [6, 6.07) is 3.03. The predicted molar refractivity (Wildman–Crippen MR) is 95.1 cm³/mol. The molecule has 0 radical (unpaired) electrons. The van der Waals surface area contributed by atoms with Crippen molar-refractivity contribution in [3.8, 4) is 22.9 Å². The Morgan fingerprint density at radius 3 is 2.56 bits per heavy atom. The molecule has 9 heteroatoms. The fraction of sp³-hybridized carbons (Fsp3) is 0.389. The maximum atomic E-state index is 14.5. The number of nitrogens with two attached hydrogens (primary N) is 2. The lowest BCUT2D eigenvalue weighted by atomic mass is 9.93. The van der Waals surface area contributed by atoms with Crippen molar-refractivity contribution in [3.05, 3.63) is 36.2 Å². The van der Waals surface area contributed by atoms with Crippen molar-refractivity contribution < 1.29 is 23.0 Å². The Labute approximate surface area is 155 Å². The van der Waals surface area contributed by atoms with Crippen molar-refractivity contribution in [3.63, 3.8) is 0 Å². The maximum Gasteiger partial charge on any atom is 0.411 e. The average Bonchev–Trinajstić information content (AvgIpc) is 2.53. The number of carbonyl (C=O) groups excluding carboxylic acids is 1. The Kier molecular flexibility index (Phi) is 6.27. The van der Waals surface area contributed by atoms with Gasteiger partial charge in [0.1, 0.15) is 18.8 Å². The van der Waals surface area contributed by atoms with Gasteiger partial charge in [-0.2, -0.15) is 0 Å². The molecule has 0 fully saturated rings. The van der Waals surface area contributed by atoms with Crippen molar-refractivity contribution in [1.29, 1.82) is 0 Å². The molecule has 0 saturated heterocycles. The monoisotopic (exact) mass is 380 g/mol. The zero-order chi connectivity index (χ0) is 20.2. The summed E-state index contributed by atoms with van der Waals surface area (Å²) in [4.78, 5) is 18.3. The summed E-state index contributed by atoms with van der Waals surface area (Å²) in [7, 11) is 0. The molecule has 0 saturated carbocycles. The number of primary amides is 1. The van der Waals surface area contributed by atoms with Gasteiger partial charge >= 0.3 is 6.09 Å². The quantitative estimate of drug-likeness (QED) is 0.763. The molecule has 7 nitrogen and oxygen atoms in total. The van der Waals surface area contributed by atoms with Crippen LogP contribution in [0, 0.1) is 17.6 Å². The van der Waals surface area contributed by atoms with Crippen molar-refractivity contribution in [1.82, 2.24) is 9.97 Å². The maximum absolute atomic E-state index is 14.5. The van der Waals surface area contributed by atoms with E-state index in [2.05, 4.69) is 14.7 Å². The van der Waals surface area contributed by atoms with Gasteiger partial charge in [-0.15, -0.1) is 0 Å². The molecular weight excluding hydrogens is 358 g/mol. The van der Waals surface area contributed by atoms with Gasteiger partial charge in [-0.25, -0.2) is 23.5 Å². The van der Waals surface area contributed by atoms with Crippen LogP contribution in [0.25, 0.3) is 11.3 Å². The van der Waals surface area contributed by atoms with Gasteiger partial charge in [0.25, 0.3) is 0 Å². The minimum absolute atomic E-state index is 0.0210. The average molecular weight is 380 g/mol. The number of carbonyl (C=O) groups is 1. The number of aromatic nitrogens is 2. The van der Waals surface area contributed by atoms with E-state index in [1.54, 1.807) is 6.92 Å². The molecule has 0 aliphatic heterocycles. The summed E-state index contributed by atoms with van der Waals surface area (Å²) in [5.74, 6) is -1.64. The molecule has 4 N–H and O–H groups in total. The first-order valence-electron chi connectivity index (χ1n) is 8.28. The summed E-state index contributed by atoms with van der Waals surface area (Å²) in [5.41, 5.74) is 10.2. The number of hydrogen-bond donors (Lipinski definition) is 2. The van der Waals surface area contributed by atoms with Crippen LogP contribution in [0.15, 0.2) is 24.5 Å². The summed E-state index contributed by atoms with van der Waals surface area (Å²) in [5, 5.41) is 0. The Morgan fingerprint density at radius 1 is 1.22 bits per heavy atom. The number of nitrogens with zero attached hydrogens (tertiary/aromatic N) is 2. The van der Waals surface area contributed by atoms with E-state index in [4.69, 9.17) is 16.2 Å². The van der Waals surface area contributed by atoms with E-state index in [1.807, 2.05) is 13.8 Å². The molecule has 1 heterocycles. The highest BCUT2D eigenvalue weighted by molar-refractivity contribution is 5.68. The van der Waals surface area contributed by atoms with Crippen molar-refractivity contribution in [2.75, 3.05) is 6.61 Å². The van der Waals surface area contributed by atoms with Crippen LogP contribution in [0.1, 0.15) is 27.2 Å². The predicted octanol–water partition coefficient (Wildman–Crippen LogP) is 3.02. The van der Waals surface area contributed by atoms with Crippen LogP contribution in [0.4, 0.5) is 13.6 Å². The van der Waals surface area contributed by atoms with Gasteiger partial charge in [-0.3, -0.25) is 0 Å². The molecule has 1 atom stereocenters. The normalized spacial score (nSPS) is 13.3. The smallest absolute Gasteiger partial charge is 0.411 e. The summed E-state index contributed by atoms with van der Waals surface area (Å²) in [6.45, 7) is 5.85. The van der Waals surface area contributed by atoms with Crippen molar-refractivity contribution in [2.24, 2.45) is 17.4 Å². The van der Waals surface area contributed by atoms with Gasteiger partial charge in [-0.05, 0) is 25.3 Å². The molecule has 146 valence electrons. The highest BCUT2D eigenvalue weighted by atomic mass is 19.1. The fourth-order valence-electron chi connectivity index (χ4n) is 2.72. The van der Waals surface area contributed by atoms with Gasteiger partial charge in [0.15, 0.2) is 11.6 Å². The number of rotatable bonds is 7. The highest BCUT2D eigenvalue weighted by Crippen LogP contribution is 2.29. The van der Waals surface area contributed by atoms with E-state index in [9.17, 15) is 13.6 Å². The molecule has 0 aliphatic rings. The zero-order valence-corrected chi connectivity index (χ0v) is 15.3. The summed E-state index contributed by atoms with van der Waals surface area (Å²) >= 11 is 0. The van der Waals surface area contributed by atoms with Crippen LogP contribution < -0.4 is 20.9 Å². The Hall–Kier alpha value is -2.81. The lowest BCUT2D eigenvalue weighted by Gasteiger charge is -2.26. The van der Waals surface area contributed by atoms with E-state index in [0.29, 0.717) is 12.3 Å². The third-order valence-electron chi connectivity index (χ3n) is 3.58. The summed E-state index contributed by atoms with van der Waals surface area (Å²) in [6.07, 6.45) is 0.626. The Morgan fingerprint density at radius 2 is 1.93 bits per heavy atom. The van der Waals surface area contributed by atoms with Gasteiger partial charge < -0.3 is 20.9 Å². The third-order valence-corrected chi connectivity index (χ3v) is 3.58. The van der Waals surface area contributed by atoms with Crippen LogP contribution in [-0.2, 0) is 0 Å². The lowest BCUT2D eigenvalue weighted by molar-refractivity contribution is 0.199. The van der Waals surface area contributed by atoms with Gasteiger partial charge in [0, 0.05) is 23.2 Å². The van der Waals surface area contributed by atoms with Crippen LogP contribution in [0.5, 0.6) is 11.6 Å². The minimum Gasteiger partial charge on any atom is -0.489 e. The first-order valence-corrected chi connectivity index (χ1v) is 8.28. The molecule has 2 aromatic rings. The molecule has 1 aromatic heterocycles. The number of halogens is 2. The van der Waals surface area contributed by atoms with E-state index < -0.39 is 23.3 Å². The third kappa shape index (κ3) is 5.85. The molecule has 27 heavy (non-hydrogen) atoms. The molecule has 0 bridgehead atoms.